The molecule has 144 valence electrons. The van der Waals surface area contributed by atoms with Crippen molar-refractivity contribution in [2.75, 3.05) is 0 Å². The van der Waals surface area contributed by atoms with Crippen molar-refractivity contribution in [1.82, 2.24) is 9.38 Å². The second kappa shape index (κ2) is 7.40. The van der Waals surface area contributed by atoms with E-state index < -0.39 is 5.41 Å². The van der Waals surface area contributed by atoms with Gasteiger partial charge in [-0.25, -0.2) is 4.98 Å². The lowest BCUT2D eigenvalue weighted by Gasteiger charge is -2.27. The summed E-state index contributed by atoms with van der Waals surface area (Å²) in [7, 11) is 0. The van der Waals surface area contributed by atoms with E-state index in [9.17, 15) is 9.59 Å². The summed E-state index contributed by atoms with van der Waals surface area (Å²) in [5, 5.41) is 0.640. The van der Waals surface area contributed by atoms with Gasteiger partial charge in [-0.1, -0.05) is 42.6 Å². The molecule has 2 aromatic heterocycles. The maximum Gasteiger partial charge on any atom is 0.316 e. The summed E-state index contributed by atoms with van der Waals surface area (Å²) in [5.41, 5.74) is 1.92. The van der Waals surface area contributed by atoms with Crippen molar-refractivity contribution in [1.29, 1.82) is 0 Å². The fourth-order valence-electron chi connectivity index (χ4n) is 4.07. The first-order valence-electron chi connectivity index (χ1n) is 9.41. The van der Waals surface area contributed by atoms with E-state index in [1.807, 2.05) is 31.2 Å². The molecule has 1 aromatic carbocycles. The first-order chi connectivity index (χ1) is 13.5. The number of ether oxygens (including phenoxy) is 1. The number of benzene rings is 1. The van der Waals surface area contributed by atoms with Gasteiger partial charge in [0.15, 0.2) is 0 Å². The highest BCUT2D eigenvalue weighted by molar-refractivity contribution is 6.30. The zero-order valence-corrected chi connectivity index (χ0v) is 16.4. The van der Waals surface area contributed by atoms with E-state index in [1.165, 1.54) is 10.5 Å². The number of hydrogen-bond donors (Lipinski definition) is 0. The largest absolute Gasteiger partial charge is 0.458 e. The van der Waals surface area contributed by atoms with Gasteiger partial charge in [-0.05, 0) is 49.6 Å². The zero-order chi connectivity index (χ0) is 19.7. The van der Waals surface area contributed by atoms with E-state index in [2.05, 4.69) is 4.98 Å². The second-order valence-electron chi connectivity index (χ2n) is 7.32. The Kier molecular flexibility index (Phi) is 4.94. The van der Waals surface area contributed by atoms with Crippen LogP contribution in [0.25, 0.3) is 5.65 Å². The number of nitrogens with zero attached hydrogens (tertiary/aromatic N) is 2. The van der Waals surface area contributed by atoms with Gasteiger partial charge in [-0.3, -0.25) is 14.0 Å². The highest BCUT2D eigenvalue weighted by Gasteiger charge is 2.44. The third-order valence-corrected chi connectivity index (χ3v) is 5.78. The van der Waals surface area contributed by atoms with E-state index in [4.69, 9.17) is 16.3 Å². The average Bonchev–Trinajstić information content (AvgIpc) is 3.17. The first-order valence-corrected chi connectivity index (χ1v) is 9.79. The number of hydrogen-bond acceptors (Lipinski definition) is 4. The standard InChI is InChI=1S/C22H21ClN2O3/c1-15-5-4-6-19-24-18(13-20(26)25(15)19)14-28-21(27)22(11-2-3-12-22)16-7-9-17(23)10-8-16/h4-10,13H,2-3,11-12,14H2,1H3. The number of esters is 1. The van der Waals surface area contributed by atoms with Crippen molar-refractivity contribution in [3.63, 3.8) is 0 Å². The second-order valence-corrected chi connectivity index (χ2v) is 7.76. The van der Waals surface area contributed by atoms with Crippen LogP contribution in [0.2, 0.25) is 5.02 Å². The number of aryl methyl sites for hydroxylation is 1. The molecule has 2 heterocycles. The van der Waals surface area contributed by atoms with Crippen molar-refractivity contribution < 1.29 is 9.53 Å². The molecule has 5 nitrogen and oxygen atoms in total. The van der Waals surface area contributed by atoms with Crippen molar-refractivity contribution in [2.24, 2.45) is 0 Å². The molecule has 1 fully saturated rings. The number of rotatable bonds is 4. The molecular formula is C22H21ClN2O3. The maximum atomic E-state index is 13.1. The summed E-state index contributed by atoms with van der Waals surface area (Å²) in [5.74, 6) is -0.265. The number of pyridine rings is 1. The van der Waals surface area contributed by atoms with E-state index in [-0.39, 0.29) is 18.1 Å². The Morgan fingerprint density at radius 1 is 1.18 bits per heavy atom. The minimum absolute atomic E-state index is 0.0200. The molecule has 1 saturated carbocycles. The molecule has 0 radical (unpaired) electrons. The lowest BCUT2D eigenvalue weighted by atomic mass is 9.79. The minimum atomic E-state index is -0.646. The summed E-state index contributed by atoms with van der Waals surface area (Å²) in [6.07, 6.45) is 3.46. The normalized spacial score (nSPS) is 15.6. The number of aromatic nitrogens is 2. The van der Waals surface area contributed by atoms with Crippen LogP contribution >= 0.6 is 11.6 Å². The molecule has 28 heavy (non-hydrogen) atoms. The van der Waals surface area contributed by atoms with Gasteiger partial charge in [-0.15, -0.1) is 0 Å². The lowest BCUT2D eigenvalue weighted by molar-refractivity contribution is -0.152. The molecule has 3 aromatic rings. The van der Waals surface area contributed by atoms with Crippen molar-refractivity contribution in [3.05, 3.63) is 80.9 Å². The Balaban J connectivity index is 1.58. The molecule has 0 saturated heterocycles. The monoisotopic (exact) mass is 396 g/mol. The van der Waals surface area contributed by atoms with Gasteiger partial charge in [0.1, 0.15) is 12.3 Å². The molecule has 1 aliphatic rings. The van der Waals surface area contributed by atoms with E-state index in [1.54, 1.807) is 18.2 Å². The number of carbonyl (C=O) groups is 1. The molecule has 4 rings (SSSR count). The Hall–Kier alpha value is -2.66. The van der Waals surface area contributed by atoms with Gasteiger partial charge < -0.3 is 4.74 Å². The summed E-state index contributed by atoms with van der Waals surface area (Å²) in [6.45, 7) is 1.83. The van der Waals surface area contributed by atoms with Gasteiger partial charge in [0, 0.05) is 16.8 Å². The molecule has 0 amide bonds. The average molecular weight is 397 g/mol. The topological polar surface area (TPSA) is 60.7 Å². The van der Waals surface area contributed by atoms with Crippen LogP contribution in [0.4, 0.5) is 0 Å². The number of halogens is 1. The van der Waals surface area contributed by atoms with Crippen molar-refractivity contribution in [3.8, 4) is 0 Å². The van der Waals surface area contributed by atoms with E-state index >= 15 is 0 Å². The Bertz CT molecular complexity index is 1080. The van der Waals surface area contributed by atoms with Crippen molar-refractivity contribution >= 4 is 23.2 Å². The van der Waals surface area contributed by atoms with Crippen LogP contribution in [-0.2, 0) is 21.6 Å². The van der Waals surface area contributed by atoms with Crippen LogP contribution in [0, 0.1) is 6.92 Å². The van der Waals surface area contributed by atoms with Crippen LogP contribution in [0.15, 0.2) is 53.3 Å². The summed E-state index contributed by atoms with van der Waals surface area (Å²) in [6, 6.07) is 14.3. The molecule has 1 aliphatic carbocycles. The van der Waals surface area contributed by atoms with Crippen LogP contribution in [-0.4, -0.2) is 15.4 Å². The predicted octanol–water partition coefficient (Wildman–Crippen LogP) is 4.21. The zero-order valence-electron chi connectivity index (χ0n) is 15.7. The predicted molar refractivity (Wildman–Crippen MR) is 108 cm³/mol. The molecular weight excluding hydrogens is 376 g/mol. The Morgan fingerprint density at radius 3 is 2.61 bits per heavy atom. The molecule has 0 unspecified atom stereocenters. The fraction of sp³-hybridized carbons (Fsp3) is 0.318. The molecule has 0 N–H and O–H groups in total. The summed E-state index contributed by atoms with van der Waals surface area (Å²) >= 11 is 6.00. The Morgan fingerprint density at radius 2 is 1.89 bits per heavy atom. The van der Waals surface area contributed by atoms with Crippen LogP contribution in [0.3, 0.4) is 0 Å². The van der Waals surface area contributed by atoms with E-state index in [0.717, 1.165) is 36.9 Å². The van der Waals surface area contributed by atoms with Gasteiger partial charge in [-0.2, -0.15) is 0 Å². The fourth-order valence-corrected chi connectivity index (χ4v) is 4.20. The minimum Gasteiger partial charge on any atom is -0.458 e. The highest BCUT2D eigenvalue weighted by Crippen LogP contribution is 2.42. The quantitative estimate of drug-likeness (QED) is 0.620. The Labute approximate surface area is 167 Å². The van der Waals surface area contributed by atoms with Crippen LogP contribution in [0.1, 0.15) is 42.6 Å². The molecule has 0 atom stereocenters. The molecule has 0 bridgehead atoms. The third kappa shape index (κ3) is 3.31. The smallest absolute Gasteiger partial charge is 0.316 e. The maximum absolute atomic E-state index is 13.1. The van der Waals surface area contributed by atoms with Gasteiger partial charge in [0.05, 0.1) is 11.1 Å². The molecule has 0 spiro atoms. The van der Waals surface area contributed by atoms with Crippen LogP contribution in [0.5, 0.6) is 0 Å². The summed E-state index contributed by atoms with van der Waals surface area (Å²) in [4.78, 5) is 29.9. The highest BCUT2D eigenvalue weighted by atomic mass is 35.5. The van der Waals surface area contributed by atoms with Gasteiger partial charge in [0.25, 0.3) is 5.56 Å². The molecule has 6 heteroatoms. The molecule has 0 aliphatic heterocycles. The number of carbonyl (C=O) groups excluding carboxylic acids is 1. The first kappa shape index (κ1) is 18.7. The SMILES string of the molecule is Cc1cccc2nc(COC(=O)C3(c4ccc(Cl)cc4)CCCC3)cc(=O)n12. The van der Waals surface area contributed by atoms with Gasteiger partial charge >= 0.3 is 5.97 Å². The number of fused-ring (bicyclic) bond motifs is 1. The third-order valence-electron chi connectivity index (χ3n) is 5.53. The lowest BCUT2D eigenvalue weighted by Crippen LogP contribution is -2.34. The van der Waals surface area contributed by atoms with Crippen molar-refractivity contribution in [2.45, 2.75) is 44.6 Å². The summed E-state index contributed by atoms with van der Waals surface area (Å²) < 4.78 is 7.19. The van der Waals surface area contributed by atoms with E-state index in [0.29, 0.717) is 16.4 Å². The van der Waals surface area contributed by atoms with Gasteiger partial charge in [0.2, 0.25) is 0 Å². The van der Waals surface area contributed by atoms with Crippen LogP contribution < -0.4 is 5.56 Å².